The summed E-state index contributed by atoms with van der Waals surface area (Å²) in [6.45, 7) is 4.30. The van der Waals surface area contributed by atoms with Gasteiger partial charge < -0.3 is 22.1 Å². The summed E-state index contributed by atoms with van der Waals surface area (Å²) in [6.07, 6.45) is 2.03. The summed E-state index contributed by atoms with van der Waals surface area (Å²) in [5.74, 6) is 0. The second kappa shape index (κ2) is 8.98. The molecule has 0 aliphatic carbocycles. The lowest BCUT2D eigenvalue weighted by atomic mass is 10.2. The van der Waals surface area contributed by atoms with Crippen LogP contribution in [0.1, 0.15) is 18.4 Å². The predicted molar refractivity (Wildman–Crippen MR) is 74.0 cm³/mol. The van der Waals surface area contributed by atoms with Gasteiger partial charge in [0, 0.05) is 18.8 Å². The number of rotatable bonds is 9. The van der Waals surface area contributed by atoms with Crippen molar-refractivity contribution in [1.29, 1.82) is 0 Å². The van der Waals surface area contributed by atoms with Crippen LogP contribution in [0, 0.1) is 0 Å². The van der Waals surface area contributed by atoms with Crippen LogP contribution in [0.5, 0.6) is 0 Å². The number of anilines is 1. The predicted octanol–water partition coefficient (Wildman–Crippen LogP) is 0.886. The molecule has 4 heteroatoms. The smallest absolute Gasteiger partial charge is 0.0340 e. The Balaban J connectivity index is 2.24. The van der Waals surface area contributed by atoms with Gasteiger partial charge in [0.25, 0.3) is 0 Å². The van der Waals surface area contributed by atoms with E-state index in [1.165, 1.54) is 5.56 Å². The maximum atomic E-state index is 5.44. The largest absolute Gasteiger partial charge is 0.385 e. The van der Waals surface area contributed by atoms with E-state index in [1.54, 1.807) is 0 Å². The highest BCUT2D eigenvalue weighted by Crippen LogP contribution is 2.09. The van der Waals surface area contributed by atoms with Gasteiger partial charge in [0.15, 0.2) is 0 Å². The van der Waals surface area contributed by atoms with Gasteiger partial charge in [-0.05, 0) is 50.2 Å². The highest BCUT2D eigenvalue weighted by atomic mass is 14.9. The Morgan fingerprint density at radius 3 is 2.18 bits per heavy atom. The van der Waals surface area contributed by atoms with Gasteiger partial charge in [-0.25, -0.2) is 0 Å². The topological polar surface area (TPSA) is 76.1 Å². The molecule has 0 spiro atoms. The number of hydrogen-bond acceptors (Lipinski definition) is 4. The van der Waals surface area contributed by atoms with Gasteiger partial charge in [-0.1, -0.05) is 12.1 Å². The van der Waals surface area contributed by atoms with Gasteiger partial charge in [0.1, 0.15) is 0 Å². The second-order valence-electron chi connectivity index (χ2n) is 4.08. The van der Waals surface area contributed by atoms with Gasteiger partial charge in [-0.3, -0.25) is 0 Å². The van der Waals surface area contributed by atoms with Crippen LogP contribution in [-0.2, 0) is 6.54 Å². The van der Waals surface area contributed by atoms with Crippen molar-refractivity contribution in [2.75, 3.05) is 31.5 Å². The molecule has 0 aliphatic heterocycles. The summed E-state index contributed by atoms with van der Waals surface area (Å²) in [4.78, 5) is 0. The molecule has 0 aromatic heterocycles. The highest BCUT2D eigenvalue weighted by molar-refractivity contribution is 5.44. The van der Waals surface area contributed by atoms with Gasteiger partial charge >= 0.3 is 0 Å². The van der Waals surface area contributed by atoms with E-state index in [2.05, 4.69) is 34.9 Å². The molecule has 1 aromatic rings. The van der Waals surface area contributed by atoms with Crippen molar-refractivity contribution in [1.82, 2.24) is 5.32 Å². The summed E-state index contributed by atoms with van der Waals surface area (Å²) >= 11 is 0. The molecule has 0 radical (unpaired) electrons. The third-order valence-corrected chi connectivity index (χ3v) is 2.55. The van der Waals surface area contributed by atoms with Crippen molar-refractivity contribution in [3.05, 3.63) is 29.8 Å². The second-order valence-corrected chi connectivity index (χ2v) is 4.08. The average molecular weight is 236 g/mol. The quantitative estimate of drug-likeness (QED) is 0.480. The van der Waals surface area contributed by atoms with E-state index < -0.39 is 0 Å². The van der Waals surface area contributed by atoms with Gasteiger partial charge in [-0.15, -0.1) is 0 Å². The van der Waals surface area contributed by atoms with E-state index >= 15 is 0 Å². The monoisotopic (exact) mass is 236 g/mol. The first-order valence-electron chi connectivity index (χ1n) is 6.30. The fourth-order valence-corrected chi connectivity index (χ4v) is 1.54. The lowest BCUT2D eigenvalue weighted by molar-refractivity contribution is 0.655. The Morgan fingerprint density at radius 1 is 0.882 bits per heavy atom. The van der Waals surface area contributed by atoms with E-state index in [0.717, 1.165) is 51.3 Å². The zero-order valence-corrected chi connectivity index (χ0v) is 10.4. The van der Waals surface area contributed by atoms with Crippen LogP contribution < -0.4 is 22.1 Å². The Labute approximate surface area is 104 Å². The molecule has 0 atom stereocenters. The molecule has 0 saturated heterocycles. The van der Waals surface area contributed by atoms with Crippen LogP contribution in [-0.4, -0.2) is 26.2 Å². The Bertz CT molecular complexity index is 284. The SMILES string of the molecule is NCCCNCc1ccc(NCCCN)cc1. The van der Waals surface area contributed by atoms with Crippen molar-refractivity contribution < 1.29 is 0 Å². The fourth-order valence-electron chi connectivity index (χ4n) is 1.54. The molecule has 0 bridgehead atoms. The van der Waals surface area contributed by atoms with Crippen LogP contribution in [0.2, 0.25) is 0 Å². The minimum atomic E-state index is 0.732. The Kier molecular flexibility index (Phi) is 7.38. The number of nitrogens with one attached hydrogen (secondary N) is 2. The third-order valence-electron chi connectivity index (χ3n) is 2.55. The van der Waals surface area contributed by atoms with Crippen molar-refractivity contribution in [2.24, 2.45) is 11.5 Å². The molecule has 0 amide bonds. The molecule has 0 unspecified atom stereocenters. The molecular formula is C13H24N4. The molecule has 96 valence electrons. The number of hydrogen-bond donors (Lipinski definition) is 4. The molecule has 0 saturated carbocycles. The lowest BCUT2D eigenvalue weighted by Gasteiger charge is -2.07. The first-order chi connectivity index (χ1) is 8.36. The van der Waals surface area contributed by atoms with E-state index in [-0.39, 0.29) is 0 Å². The molecule has 0 fully saturated rings. The lowest BCUT2D eigenvalue weighted by Crippen LogP contribution is -2.17. The van der Waals surface area contributed by atoms with Crippen molar-refractivity contribution >= 4 is 5.69 Å². The Hall–Kier alpha value is -1.10. The highest BCUT2D eigenvalue weighted by Gasteiger charge is 1.94. The average Bonchev–Trinajstić information content (AvgIpc) is 2.37. The molecule has 6 N–H and O–H groups in total. The van der Waals surface area contributed by atoms with E-state index in [1.807, 2.05) is 0 Å². The van der Waals surface area contributed by atoms with Crippen molar-refractivity contribution in [2.45, 2.75) is 19.4 Å². The summed E-state index contributed by atoms with van der Waals surface area (Å²) in [6, 6.07) is 8.49. The maximum Gasteiger partial charge on any atom is 0.0340 e. The molecular weight excluding hydrogens is 212 g/mol. The molecule has 17 heavy (non-hydrogen) atoms. The minimum Gasteiger partial charge on any atom is -0.385 e. The molecule has 1 rings (SSSR count). The van der Waals surface area contributed by atoms with Gasteiger partial charge in [0.05, 0.1) is 0 Å². The van der Waals surface area contributed by atoms with E-state index in [4.69, 9.17) is 11.5 Å². The zero-order valence-electron chi connectivity index (χ0n) is 10.4. The summed E-state index contributed by atoms with van der Waals surface area (Å²) in [5.41, 5.74) is 13.3. The third kappa shape index (κ3) is 6.26. The van der Waals surface area contributed by atoms with Crippen LogP contribution in [0.15, 0.2) is 24.3 Å². The summed E-state index contributed by atoms with van der Waals surface area (Å²) in [5, 5.41) is 6.69. The van der Waals surface area contributed by atoms with Crippen molar-refractivity contribution in [3.8, 4) is 0 Å². The fraction of sp³-hybridized carbons (Fsp3) is 0.538. The van der Waals surface area contributed by atoms with E-state index in [0.29, 0.717) is 0 Å². The Morgan fingerprint density at radius 2 is 1.53 bits per heavy atom. The molecule has 4 nitrogen and oxygen atoms in total. The van der Waals surface area contributed by atoms with E-state index in [9.17, 15) is 0 Å². The standard InChI is InChI=1S/C13H24N4/c14-7-1-9-16-11-12-3-5-13(6-4-12)17-10-2-8-15/h3-6,16-17H,1-2,7-11,14-15H2. The van der Waals surface area contributed by atoms with Crippen molar-refractivity contribution in [3.63, 3.8) is 0 Å². The van der Waals surface area contributed by atoms with Crippen LogP contribution in [0.3, 0.4) is 0 Å². The first-order valence-corrected chi connectivity index (χ1v) is 6.30. The first kappa shape index (κ1) is 14.0. The zero-order chi connectivity index (χ0) is 12.3. The molecule has 0 aliphatic rings. The summed E-state index contributed by atoms with van der Waals surface area (Å²) < 4.78 is 0. The summed E-state index contributed by atoms with van der Waals surface area (Å²) in [7, 11) is 0. The minimum absolute atomic E-state index is 0.732. The normalized spacial score (nSPS) is 10.5. The number of benzene rings is 1. The van der Waals surface area contributed by atoms with Crippen LogP contribution >= 0.6 is 0 Å². The molecule has 0 heterocycles. The van der Waals surface area contributed by atoms with Crippen LogP contribution in [0.25, 0.3) is 0 Å². The van der Waals surface area contributed by atoms with Gasteiger partial charge in [0.2, 0.25) is 0 Å². The maximum absolute atomic E-state index is 5.44. The van der Waals surface area contributed by atoms with Gasteiger partial charge in [-0.2, -0.15) is 0 Å². The number of nitrogens with two attached hydrogens (primary N) is 2. The molecule has 1 aromatic carbocycles. The van der Waals surface area contributed by atoms with Crippen LogP contribution in [0.4, 0.5) is 5.69 Å².